The predicted octanol–water partition coefficient (Wildman–Crippen LogP) is 0.961. The van der Waals surface area contributed by atoms with Crippen molar-refractivity contribution in [1.29, 1.82) is 0 Å². The average Bonchev–Trinajstić information content (AvgIpc) is 2.33. The Morgan fingerprint density at radius 2 is 2.21 bits per heavy atom. The van der Waals surface area contributed by atoms with Crippen molar-refractivity contribution in [2.24, 2.45) is 5.73 Å². The van der Waals surface area contributed by atoms with Crippen LogP contribution in [0.25, 0.3) is 0 Å². The molecule has 14 heavy (non-hydrogen) atoms. The van der Waals surface area contributed by atoms with E-state index in [1.807, 2.05) is 0 Å². The summed E-state index contributed by atoms with van der Waals surface area (Å²) in [6, 6.07) is 0.808. The minimum Gasteiger partial charge on any atom is -0.396 e. The maximum atomic E-state index is 8.79. The molecule has 3 heteroatoms. The molecule has 1 aliphatic rings. The van der Waals surface area contributed by atoms with Gasteiger partial charge in [0, 0.05) is 25.2 Å². The average molecular weight is 200 g/mol. The molecule has 3 nitrogen and oxygen atoms in total. The highest BCUT2D eigenvalue weighted by atomic mass is 16.3. The zero-order valence-corrected chi connectivity index (χ0v) is 9.28. The molecule has 1 fully saturated rings. The van der Waals surface area contributed by atoms with Crippen LogP contribution in [0.5, 0.6) is 0 Å². The molecule has 1 rings (SSSR count). The van der Waals surface area contributed by atoms with Crippen LogP contribution in [0.15, 0.2) is 0 Å². The lowest BCUT2D eigenvalue weighted by molar-refractivity contribution is 0.185. The molecule has 0 radical (unpaired) electrons. The van der Waals surface area contributed by atoms with Gasteiger partial charge in [-0.3, -0.25) is 4.90 Å². The first-order chi connectivity index (χ1) is 6.74. The Kier molecular flexibility index (Phi) is 5.45. The standard InChI is InChI=1S/C11H24N2O/c1-10-5-3-2-4-7-13(10)9-11(12)6-8-14/h10-11,14H,2-9,12H2,1H3. The molecule has 1 heterocycles. The largest absolute Gasteiger partial charge is 0.396 e. The second-order valence-electron chi connectivity index (χ2n) is 4.47. The van der Waals surface area contributed by atoms with E-state index >= 15 is 0 Å². The SMILES string of the molecule is CC1CCCCCN1CC(N)CCO. The van der Waals surface area contributed by atoms with Gasteiger partial charge in [0.05, 0.1) is 0 Å². The molecule has 0 aliphatic carbocycles. The lowest BCUT2D eigenvalue weighted by atomic mass is 10.1. The molecule has 0 spiro atoms. The molecule has 84 valence electrons. The molecule has 0 saturated carbocycles. The van der Waals surface area contributed by atoms with Crippen molar-refractivity contribution in [1.82, 2.24) is 4.90 Å². The molecule has 0 amide bonds. The van der Waals surface area contributed by atoms with E-state index < -0.39 is 0 Å². The van der Waals surface area contributed by atoms with Crippen molar-refractivity contribution in [3.8, 4) is 0 Å². The summed E-state index contributed by atoms with van der Waals surface area (Å²) in [5.41, 5.74) is 5.93. The zero-order valence-electron chi connectivity index (χ0n) is 9.28. The fourth-order valence-corrected chi connectivity index (χ4v) is 2.16. The zero-order chi connectivity index (χ0) is 10.4. The highest BCUT2D eigenvalue weighted by Crippen LogP contribution is 2.16. The summed E-state index contributed by atoms with van der Waals surface area (Å²) in [7, 11) is 0. The van der Waals surface area contributed by atoms with Gasteiger partial charge in [-0.15, -0.1) is 0 Å². The first kappa shape index (κ1) is 12.0. The number of hydrogen-bond donors (Lipinski definition) is 2. The predicted molar refractivity (Wildman–Crippen MR) is 59.2 cm³/mol. The lowest BCUT2D eigenvalue weighted by Crippen LogP contribution is -2.42. The van der Waals surface area contributed by atoms with Crippen LogP contribution in [0.4, 0.5) is 0 Å². The van der Waals surface area contributed by atoms with E-state index in [1.54, 1.807) is 0 Å². The van der Waals surface area contributed by atoms with Gasteiger partial charge >= 0.3 is 0 Å². The molecule has 1 aliphatic heterocycles. The van der Waals surface area contributed by atoms with Crippen molar-refractivity contribution in [3.63, 3.8) is 0 Å². The van der Waals surface area contributed by atoms with E-state index in [9.17, 15) is 0 Å². The van der Waals surface area contributed by atoms with Crippen molar-refractivity contribution in [3.05, 3.63) is 0 Å². The van der Waals surface area contributed by atoms with Crippen LogP contribution in [0, 0.1) is 0 Å². The number of aliphatic hydroxyl groups is 1. The lowest BCUT2D eigenvalue weighted by Gasteiger charge is -2.29. The summed E-state index contributed by atoms with van der Waals surface area (Å²) in [5.74, 6) is 0. The van der Waals surface area contributed by atoms with E-state index in [-0.39, 0.29) is 12.6 Å². The third kappa shape index (κ3) is 3.95. The monoisotopic (exact) mass is 200 g/mol. The second-order valence-corrected chi connectivity index (χ2v) is 4.47. The Balaban J connectivity index is 2.32. The van der Waals surface area contributed by atoms with Crippen molar-refractivity contribution >= 4 is 0 Å². The van der Waals surface area contributed by atoms with Crippen molar-refractivity contribution in [2.75, 3.05) is 19.7 Å². The Bertz CT molecular complexity index is 152. The molecule has 0 aromatic rings. The van der Waals surface area contributed by atoms with E-state index in [0.29, 0.717) is 6.04 Å². The van der Waals surface area contributed by atoms with Gasteiger partial charge in [0.15, 0.2) is 0 Å². The van der Waals surface area contributed by atoms with E-state index in [1.165, 1.54) is 32.2 Å². The Labute approximate surface area is 87.3 Å². The minimum atomic E-state index is 0.139. The molecule has 2 atom stereocenters. The molecule has 0 aromatic heterocycles. The summed E-state index contributed by atoms with van der Waals surface area (Å²) in [6.07, 6.45) is 6.04. The summed E-state index contributed by atoms with van der Waals surface area (Å²) >= 11 is 0. The molecular formula is C11H24N2O. The highest BCUT2D eigenvalue weighted by Gasteiger charge is 2.18. The van der Waals surface area contributed by atoms with Gasteiger partial charge in [-0.05, 0) is 32.7 Å². The summed E-state index contributed by atoms with van der Waals surface area (Å²) in [6.45, 7) is 4.63. The van der Waals surface area contributed by atoms with Gasteiger partial charge in [0.25, 0.3) is 0 Å². The van der Waals surface area contributed by atoms with Crippen LogP contribution in [0.3, 0.4) is 0 Å². The van der Waals surface area contributed by atoms with Crippen LogP contribution in [0.1, 0.15) is 39.0 Å². The first-order valence-corrected chi connectivity index (χ1v) is 5.84. The van der Waals surface area contributed by atoms with Gasteiger partial charge in [-0.1, -0.05) is 12.8 Å². The van der Waals surface area contributed by atoms with E-state index in [0.717, 1.165) is 13.0 Å². The fourth-order valence-electron chi connectivity index (χ4n) is 2.16. The number of likely N-dealkylation sites (tertiary alicyclic amines) is 1. The smallest absolute Gasteiger partial charge is 0.0446 e. The molecular weight excluding hydrogens is 176 g/mol. The van der Waals surface area contributed by atoms with Gasteiger partial charge in [0.2, 0.25) is 0 Å². The Morgan fingerprint density at radius 3 is 2.93 bits per heavy atom. The summed E-state index contributed by atoms with van der Waals surface area (Å²) < 4.78 is 0. The van der Waals surface area contributed by atoms with Crippen molar-refractivity contribution in [2.45, 2.75) is 51.1 Å². The maximum absolute atomic E-state index is 8.79. The summed E-state index contributed by atoms with van der Waals surface area (Å²) in [4.78, 5) is 2.48. The van der Waals surface area contributed by atoms with E-state index in [2.05, 4.69) is 11.8 Å². The molecule has 0 aromatic carbocycles. The number of hydrogen-bond acceptors (Lipinski definition) is 3. The number of nitrogens with two attached hydrogens (primary N) is 1. The molecule has 3 N–H and O–H groups in total. The third-order valence-corrected chi connectivity index (χ3v) is 3.16. The Hall–Kier alpha value is -0.120. The first-order valence-electron chi connectivity index (χ1n) is 5.84. The minimum absolute atomic E-state index is 0.139. The fraction of sp³-hybridized carbons (Fsp3) is 1.00. The van der Waals surface area contributed by atoms with Gasteiger partial charge in [0.1, 0.15) is 0 Å². The van der Waals surface area contributed by atoms with Crippen LogP contribution in [-0.4, -0.2) is 41.8 Å². The van der Waals surface area contributed by atoms with Crippen LogP contribution < -0.4 is 5.73 Å². The topological polar surface area (TPSA) is 49.5 Å². The highest BCUT2D eigenvalue weighted by molar-refractivity contribution is 4.75. The van der Waals surface area contributed by atoms with E-state index in [4.69, 9.17) is 10.8 Å². The quantitative estimate of drug-likeness (QED) is 0.710. The Morgan fingerprint density at radius 1 is 1.43 bits per heavy atom. The second kappa shape index (κ2) is 6.38. The molecule has 1 saturated heterocycles. The molecule has 0 bridgehead atoms. The van der Waals surface area contributed by atoms with Crippen molar-refractivity contribution < 1.29 is 5.11 Å². The number of rotatable bonds is 4. The number of nitrogens with zero attached hydrogens (tertiary/aromatic N) is 1. The van der Waals surface area contributed by atoms with Gasteiger partial charge < -0.3 is 10.8 Å². The normalized spacial score (nSPS) is 27.2. The van der Waals surface area contributed by atoms with Crippen LogP contribution in [-0.2, 0) is 0 Å². The van der Waals surface area contributed by atoms with Crippen LogP contribution in [0.2, 0.25) is 0 Å². The van der Waals surface area contributed by atoms with Gasteiger partial charge in [-0.2, -0.15) is 0 Å². The third-order valence-electron chi connectivity index (χ3n) is 3.16. The maximum Gasteiger partial charge on any atom is 0.0446 e. The van der Waals surface area contributed by atoms with Crippen LogP contribution >= 0.6 is 0 Å². The molecule has 2 unspecified atom stereocenters. The summed E-state index contributed by atoms with van der Waals surface area (Å²) in [5, 5.41) is 8.79. The number of aliphatic hydroxyl groups excluding tert-OH is 1. The van der Waals surface area contributed by atoms with Gasteiger partial charge in [-0.25, -0.2) is 0 Å².